The Morgan fingerprint density at radius 1 is 1.14 bits per heavy atom. The highest BCUT2D eigenvalue weighted by atomic mass is 35.5. The van der Waals surface area contributed by atoms with E-state index < -0.39 is 22.8 Å². The van der Waals surface area contributed by atoms with Gasteiger partial charge >= 0.3 is 5.88 Å². The molecule has 29 heavy (non-hydrogen) atoms. The Hall–Kier alpha value is -2.17. The fourth-order valence-corrected chi connectivity index (χ4v) is 4.45. The third-order valence-corrected chi connectivity index (χ3v) is 5.92. The minimum Gasteiger partial charge on any atom is -0.395 e. The quantitative estimate of drug-likeness (QED) is 0.556. The number of furan rings is 1. The van der Waals surface area contributed by atoms with Crippen molar-refractivity contribution in [2.45, 2.75) is 31.3 Å². The predicted molar refractivity (Wildman–Crippen MR) is 106 cm³/mol. The first-order valence-electron chi connectivity index (χ1n) is 9.83. The summed E-state index contributed by atoms with van der Waals surface area (Å²) in [5.74, 6) is -1.04. The van der Waals surface area contributed by atoms with Crippen LogP contribution in [-0.2, 0) is 4.79 Å². The summed E-state index contributed by atoms with van der Waals surface area (Å²) >= 11 is 0. The van der Waals surface area contributed by atoms with E-state index >= 15 is 0 Å². The number of rotatable bonds is 4. The van der Waals surface area contributed by atoms with E-state index in [-0.39, 0.29) is 24.1 Å². The van der Waals surface area contributed by atoms with Gasteiger partial charge in [-0.15, -0.1) is 12.4 Å². The maximum atomic E-state index is 13.1. The molecule has 1 aromatic rings. The van der Waals surface area contributed by atoms with E-state index in [1.54, 1.807) is 0 Å². The van der Waals surface area contributed by atoms with Crippen molar-refractivity contribution in [3.63, 3.8) is 0 Å². The molecular formula is C18H26ClN5O5. The van der Waals surface area contributed by atoms with Crippen LogP contribution in [0, 0.1) is 10.1 Å². The Morgan fingerprint density at radius 2 is 1.90 bits per heavy atom. The van der Waals surface area contributed by atoms with Crippen molar-refractivity contribution < 1.29 is 18.9 Å². The summed E-state index contributed by atoms with van der Waals surface area (Å²) in [6, 6.07) is 2.33. The summed E-state index contributed by atoms with van der Waals surface area (Å²) in [5, 5.41) is 14.1. The Labute approximate surface area is 174 Å². The fraction of sp³-hybridized carbons (Fsp3) is 0.667. The van der Waals surface area contributed by atoms with Crippen molar-refractivity contribution >= 4 is 30.1 Å². The Kier molecular flexibility index (Phi) is 6.76. The molecule has 0 aromatic carbocycles. The monoisotopic (exact) mass is 427 g/mol. The molecule has 0 bridgehead atoms. The zero-order valence-corrected chi connectivity index (χ0v) is 16.9. The van der Waals surface area contributed by atoms with Crippen molar-refractivity contribution in [1.29, 1.82) is 0 Å². The van der Waals surface area contributed by atoms with Gasteiger partial charge in [0, 0.05) is 51.9 Å². The highest BCUT2D eigenvalue weighted by Gasteiger charge is 2.40. The van der Waals surface area contributed by atoms with Crippen LogP contribution in [-0.4, -0.2) is 89.3 Å². The van der Waals surface area contributed by atoms with Crippen molar-refractivity contribution in [3.8, 4) is 0 Å². The molecule has 160 valence electrons. The van der Waals surface area contributed by atoms with Crippen molar-refractivity contribution in [2.75, 3.05) is 45.8 Å². The molecule has 1 aromatic heterocycles. The molecular weight excluding hydrogens is 402 g/mol. The average Bonchev–Trinajstić information content (AvgIpc) is 3.48. The van der Waals surface area contributed by atoms with E-state index in [1.807, 2.05) is 4.90 Å². The van der Waals surface area contributed by atoms with Gasteiger partial charge in [0.2, 0.25) is 5.91 Å². The average molecular weight is 428 g/mol. The van der Waals surface area contributed by atoms with E-state index in [4.69, 9.17) is 4.42 Å². The van der Waals surface area contributed by atoms with Gasteiger partial charge in [0.25, 0.3) is 5.91 Å². The SMILES string of the molecule is Cl.O=C(C1CCCN1C(=O)c1ccc([N+](=O)[O-])o1)N1CCC(N2CCNCC2)C1. The molecule has 3 aliphatic heterocycles. The molecule has 0 aliphatic carbocycles. The Bertz CT molecular complexity index is 766. The number of halogens is 1. The summed E-state index contributed by atoms with van der Waals surface area (Å²) in [4.78, 5) is 41.8. The predicted octanol–water partition coefficient (Wildman–Crippen LogP) is 0.720. The third-order valence-electron chi connectivity index (χ3n) is 5.92. The maximum Gasteiger partial charge on any atom is 0.433 e. The molecule has 0 radical (unpaired) electrons. The van der Waals surface area contributed by atoms with Crippen molar-refractivity contribution in [1.82, 2.24) is 20.0 Å². The van der Waals surface area contributed by atoms with E-state index in [2.05, 4.69) is 10.2 Å². The normalized spacial score (nSPS) is 25.1. The molecule has 3 saturated heterocycles. The number of carbonyl (C=O) groups excluding carboxylic acids is 2. The molecule has 11 heteroatoms. The largest absolute Gasteiger partial charge is 0.433 e. The second kappa shape index (κ2) is 9.10. The Morgan fingerprint density at radius 3 is 2.59 bits per heavy atom. The summed E-state index contributed by atoms with van der Waals surface area (Å²) in [6.45, 7) is 5.81. The number of hydrogen-bond donors (Lipinski definition) is 1. The first-order valence-corrected chi connectivity index (χ1v) is 9.83. The molecule has 3 fully saturated rings. The van der Waals surface area contributed by atoms with Crippen LogP contribution in [0.1, 0.15) is 29.8 Å². The van der Waals surface area contributed by atoms with E-state index in [1.165, 1.54) is 17.0 Å². The molecule has 2 atom stereocenters. The van der Waals surface area contributed by atoms with Crippen molar-refractivity contribution in [3.05, 3.63) is 28.0 Å². The summed E-state index contributed by atoms with van der Waals surface area (Å²) < 4.78 is 5.04. The number of amides is 2. The van der Waals surface area contributed by atoms with Crippen LogP contribution in [0.15, 0.2) is 16.5 Å². The first-order chi connectivity index (χ1) is 13.5. The zero-order chi connectivity index (χ0) is 19.7. The van der Waals surface area contributed by atoms with Crippen molar-refractivity contribution in [2.24, 2.45) is 0 Å². The van der Waals surface area contributed by atoms with Gasteiger partial charge in [-0.2, -0.15) is 0 Å². The van der Waals surface area contributed by atoms with Gasteiger partial charge in [-0.25, -0.2) is 0 Å². The minimum atomic E-state index is -0.677. The van der Waals surface area contributed by atoms with Crippen LogP contribution in [0.3, 0.4) is 0 Å². The molecule has 10 nitrogen and oxygen atoms in total. The van der Waals surface area contributed by atoms with Crippen LogP contribution in [0.5, 0.6) is 0 Å². The number of hydrogen-bond acceptors (Lipinski definition) is 7. The molecule has 3 aliphatic rings. The van der Waals surface area contributed by atoms with Gasteiger partial charge in [0.1, 0.15) is 11.0 Å². The summed E-state index contributed by atoms with van der Waals surface area (Å²) in [5.41, 5.74) is 0. The number of likely N-dealkylation sites (tertiary alicyclic amines) is 2. The van der Waals surface area contributed by atoms with Crippen LogP contribution in [0.4, 0.5) is 5.88 Å². The number of nitrogens with one attached hydrogen (secondary N) is 1. The lowest BCUT2D eigenvalue weighted by atomic mass is 10.2. The molecule has 4 rings (SSSR count). The van der Waals surface area contributed by atoms with Gasteiger partial charge < -0.3 is 19.5 Å². The highest BCUT2D eigenvalue weighted by Crippen LogP contribution is 2.26. The number of nitro groups is 1. The summed E-state index contributed by atoms with van der Waals surface area (Å²) in [6.07, 6.45) is 2.30. The lowest BCUT2D eigenvalue weighted by Crippen LogP contribution is -2.51. The lowest BCUT2D eigenvalue weighted by Gasteiger charge is -2.33. The first kappa shape index (κ1) is 21.5. The van der Waals surface area contributed by atoms with E-state index in [9.17, 15) is 19.7 Å². The fourth-order valence-electron chi connectivity index (χ4n) is 4.45. The van der Waals surface area contributed by atoms with Gasteiger partial charge in [0.15, 0.2) is 5.76 Å². The van der Waals surface area contributed by atoms with Crippen LogP contribution in [0.2, 0.25) is 0 Å². The highest BCUT2D eigenvalue weighted by molar-refractivity contribution is 5.96. The van der Waals surface area contributed by atoms with Gasteiger partial charge in [-0.3, -0.25) is 24.6 Å². The molecule has 1 N–H and O–H groups in total. The second-order valence-corrected chi connectivity index (χ2v) is 7.56. The molecule has 0 saturated carbocycles. The smallest absolute Gasteiger partial charge is 0.395 e. The van der Waals surface area contributed by atoms with Crippen LogP contribution in [0.25, 0.3) is 0 Å². The van der Waals surface area contributed by atoms with Crippen LogP contribution < -0.4 is 5.32 Å². The molecule has 0 spiro atoms. The van der Waals surface area contributed by atoms with Gasteiger partial charge in [-0.05, 0) is 25.3 Å². The number of carbonyl (C=O) groups is 2. The van der Waals surface area contributed by atoms with E-state index in [0.29, 0.717) is 32.1 Å². The topological polar surface area (TPSA) is 112 Å². The van der Waals surface area contributed by atoms with Crippen LogP contribution >= 0.6 is 12.4 Å². The summed E-state index contributed by atoms with van der Waals surface area (Å²) in [7, 11) is 0. The van der Waals surface area contributed by atoms with Gasteiger partial charge in [0.05, 0.1) is 6.07 Å². The number of piperazine rings is 1. The number of nitrogens with zero attached hydrogens (tertiary/aromatic N) is 4. The second-order valence-electron chi connectivity index (χ2n) is 7.56. The lowest BCUT2D eigenvalue weighted by molar-refractivity contribution is -0.402. The maximum absolute atomic E-state index is 13.1. The molecule has 2 unspecified atom stereocenters. The third kappa shape index (κ3) is 4.39. The zero-order valence-electron chi connectivity index (χ0n) is 16.1. The standard InChI is InChI=1S/C18H25N5O5.ClH/c24-17(21-9-5-13(12-21)20-10-6-19-7-11-20)14-2-1-8-22(14)18(25)15-3-4-16(28-15)23(26)27;/h3-4,13-14,19H,1-2,5-12H2;1H. The van der Waals surface area contributed by atoms with E-state index in [0.717, 1.165) is 39.0 Å². The molecule has 4 heterocycles. The minimum absolute atomic E-state index is 0. The molecule has 2 amide bonds. The Balaban J connectivity index is 0.00000240. The van der Waals surface area contributed by atoms with Gasteiger partial charge in [-0.1, -0.05) is 0 Å².